The Morgan fingerprint density at radius 3 is 2.61 bits per heavy atom. The average molecular weight is 411 g/mol. The average Bonchev–Trinajstić information content (AvgIpc) is 3.15. The Labute approximate surface area is 169 Å². The lowest BCUT2D eigenvalue weighted by Gasteiger charge is -2.12. The fraction of sp³-hybridized carbons (Fsp3) is 0.0500. The predicted molar refractivity (Wildman–Crippen MR) is 109 cm³/mol. The highest BCUT2D eigenvalue weighted by Crippen LogP contribution is 2.40. The number of pyridine rings is 1. The Balaban J connectivity index is 1.79. The normalized spacial score (nSPS) is 12.5. The third-order valence-corrected chi connectivity index (χ3v) is 5.07. The Morgan fingerprint density at radius 2 is 1.75 bits per heavy atom. The zero-order valence-corrected chi connectivity index (χ0v) is 15.8. The van der Waals surface area contributed by atoms with E-state index in [2.05, 4.69) is 15.0 Å². The zero-order chi connectivity index (χ0) is 19.3. The van der Waals surface area contributed by atoms with Crippen molar-refractivity contribution in [3.8, 4) is 33.9 Å². The van der Waals surface area contributed by atoms with Crippen molar-refractivity contribution in [3.05, 3.63) is 58.8 Å². The van der Waals surface area contributed by atoms with Crippen molar-refractivity contribution in [2.45, 2.75) is 0 Å². The van der Waals surface area contributed by atoms with Crippen molar-refractivity contribution >= 4 is 40.1 Å². The maximum absolute atomic E-state index is 6.47. The number of anilines is 1. The van der Waals surface area contributed by atoms with Crippen LogP contribution in [0.2, 0.25) is 10.0 Å². The first-order valence-corrected chi connectivity index (χ1v) is 9.12. The Kier molecular flexibility index (Phi) is 3.96. The first-order valence-electron chi connectivity index (χ1n) is 8.37. The van der Waals surface area contributed by atoms with E-state index < -0.39 is 0 Å². The summed E-state index contributed by atoms with van der Waals surface area (Å²) in [6, 6.07) is 12.9. The summed E-state index contributed by atoms with van der Waals surface area (Å²) in [4.78, 5) is 13.1. The van der Waals surface area contributed by atoms with Crippen LogP contribution in [0.5, 0.6) is 11.5 Å². The number of nitrogens with two attached hydrogens (primary N) is 1. The molecule has 0 saturated carbocycles. The first kappa shape index (κ1) is 17.0. The van der Waals surface area contributed by atoms with Crippen molar-refractivity contribution in [2.75, 3.05) is 12.5 Å². The van der Waals surface area contributed by atoms with Crippen LogP contribution in [0.4, 0.5) is 5.82 Å². The van der Waals surface area contributed by atoms with Gasteiger partial charge in [-0.1, -0.05) is 29.3 Å². The van der Waals surface area contributed by atoms with Crippen LogP contribution in [0, 0.1) is 0 Å². The SMILES string of the molecule is Nc1ncnc2nc(-c3ccc4c(c3)OCO4)cc(-c3ccc(Cl)cc3Cl)c12. The van der Waals surface area contributed by atoms with Crippen molar-refractivity contribution in [2.24, 2.45) is 0 Å². The van der Waals surface area contributed by atoms with Gasteiger partial charge in [0.1, 0.15) is 12.1 Å². The summed E-state index contributed by atoms with van der Waals surface area (Å²) >= 11 is 12.5. The molecule has 0 spiro atoms. The van der Waals surface area contributed by atoms with Crippen LogP contribution in [0.15, 0.2) is 48.8 Å². The van der Waals surface area contributed by atoms with Crippen molar-refractivity contribution in [1.82, 2.24) is 15.0 Å². The lowest BCUT2D eigenvalue weighted by Crippen LogP contribution is -1.99. The van der Waals surface area contributed by atoms with E-state index in [-0.39, 0.29) is 6.79 Å². The molecule has 2 aromatic carbocycles. The van der Waals surface area contributed by atoms with E-state index in [0.717, 1.165) is 16.7 Å². The Morgan fingerprint density at radius 1 is 0.893 bits per heavy atom. The minimum absolute atomic E-state index is 0.208. The Bertz CT molecular complexity index is 1250. The minimum Gasteiger partial charge on any atom is -0.454 e. The van der Waals surface area contributed by atoms with Crippen LogP contribution in [0.25, 0.3) is 33.4 Å². The number of fused-ring (bicyclic) bond motifs is 2. The molecule has 5 rings (SSSR count). The molecule has 2 N–H and O–H groups in total. The molecule has 2 aromatic heterocycles. The largest absolute Gasteiger partial charge is 0.454 e. The number of ether oxygens (including phenoxy) is 2. The highest BCUT2D eigenvalue weighted by molar-refractivity contribution is 6.36. The van der Waals surface area contributed by atoms with Crippen molar-refractivity contribution in [1.29, 1.82) is 0 Å². The standard InChI is InChI=1S/C20H12Cl2N4O2/c21-11-2-3-12(14(22)6-11)13-7-15(26-20-18(13)19(23)24-8-25-20)10-1-4-16-17(5-10)28-9-27-16/h1-8H,9H2,(H2,23,24,25,26). The molecule has 0 amide bonds. The maximum atomic E-state index is 6.47. The van der Waals surface area contributed by atoms with Crippen LogP contribution >= 0.6 is 23.2 Å². The molecule has 0 aliphatic carbocycles. The third kappa shape index (κ3) is 2.78. The highest BCUT2D eigenvalue weighted by atomic mass is 35.5. The van der Waals surface area contributed by atoms with E-state index in [1.165, 1.54) is 6.33 Å². The van der Waals surface area contributed by atoms with Gasteiger partial charge in [0.25, 0.3) is 0 Å². The van der Waals surface area contributed by atoms with E-state index in [4.69, 9.17) is 38.4 Å². The number of hydrogen-bond donors (Lipinski definition) is 1. The number of aromatic nitrogens is 3. The van der Waals surface area contributed by atoms with Gasteiger partial charge in [-0.25, -0.2) is 15.0 Å². The van der Waals surface area contributed by atoms with Crippen molar-refractivity contribution < 1.29 is 9.47 Å². The predicted octanol–water partition coefficient (Wildman–Crippen LogP) is 4.98. The molecular weight excluding hydrogens is 399 g/mol. The number of halogens is 2. The van der Waals surface area contributed by atoms with Crippen molar-refractivity contribution in [3.63, 3.8) is 0 Å². The molecule has 138 valence electrons. The second kappa shape index (κ2) is 6.51. The lowest BCUT2D eigenvalue weighted by molar-refractivity contribution is 0.174. The molecule has 28 heavy (non-hydrogen) atoms. The van der Waals surface area contributed by atoms with Crippen LogP contribution in [0.1, 0.15) is 0 Å². The topological polar surface area (TPSA) is 83.2 Å². The Hall–Kier alpha value is -3.09. The molecule has 8 heteroatoms. The third-order valence-electron chi connectivity index (χ3n) is 4.52. The van der Waals surface area contributed by atoms with Gasteiger partial charge < -0.3 is 15.2 Å². The second-order valence-electron chi connectivity index (χ2n) is 6.20. The molecule has 0 bridgehead atoms. The number of rotatable bonds is 2. The number of nitrogen functional groups attached to an aromatic ring is 1. The lowest BCUT2D eigenvalue weighted by atomic mass is 9.99. The number of benzene rings is 2. The second-order valence-corrected chi connectivity index (χ2v) is 7.05. The van der Waals surface area contributed by atoms with Gasteiger partial charge in [-0.05, 0) is 36.4 Å². The van der Waals surface area contributed by atoms with E-state index in [0.29, 0.717) is 44.1 Å². The van der Waals surface area contributed by atoms with E-state index >= 15 is 0 Å². The van der Waals surface area contributed by atoms with E-state index in [1.807, 2.05) is 30.3 Å². The van der Waals surface area contributed by atoms with E-state index in [9.17, 15) is 0 Å². The molecule has 3 heterocycles. The molecule has 0 fully saturated rings. The number of hydrogen-bond acceptors (Lipinski definition) is 6. The van der Waals surface area contributed by atoms with Crippen LogP contribution in [-0.4, -0.2) is 21.7 Å². The zero-order valence-electron chi connectivity index (χ0n) is 14.3. The fourth-order valence-electron chi connectivity index (χ4n) is 3.21. The van der Waals surface area contributed by atoms with Gasteiger partial charge in [0.15, 0.2) is 17.1 Å². The van der Waals surface area contributed by atoms with Crippen LogP contribution in [-0.2, 0) is 0 Å². The number of nitrogens with zero attached hydrogens (tertiary/aromatic N) is 3. The van der Waals surface area contributed by atoms with Gasteiger partial charge in [0.2, 0.25) is 6.79 Å². The summed E-state index contributed by atoms with van der Waals surface area (Å²) in [5.74, 6) is 1.71. The minimum atomic E-state index is 0.208. The molecule has 6 nitrogen and oxygen atoms in total. The van der Waals surface area contributed by atoms with Gasteiger partial charge in [-0.15, -0.1) is 0 Å². The molecule has 1 aliphatic heterocycles. The summed E-state index contributed by atoms with van der Waals surface area (Å²) in [6.07, 6.45) is 1.39. The molecule has 1 aliphatic rings. The highest BCUT2D eigenvalue weighted by Gasteiger charge is 2.18. The monoisotopic (exact) mass is 410 g/mol. The van der Waals surface area contributed by atoms with Gasteiger partial charge >= 0.3 is 0 Å². The molecular formula is C20H12Cl2N4O2. The van der Waals surface area contributed by atoms with Gasteiger partial charge in [0, 0.05) is 26.7 Å². The quantitative estimate of drug-likeness (QED) is 0.501. The fourth-order valence-corrected chi connectivity index (χ4v) is 3.72. The molecule has 0 atom stereocenters. The van der Waals surface area contributed by atoms with Crippen LogP contribution < -0.4 is 15.2 Å². The maximum Gasteiger partial charge on any atom is 0.231 e. The first-order chi connectivity index (χ1) is 13.6. The summed E-state index contributed by atoms with van der Waals surface area (Å²) in [6.45, 7) is 0.208. The summed E-state index contributed by atoms with van der Waals surface area (Å²) in [5, 5.41) is 1.68. The summed E-state index contributed by atoms with van der Waals surface area (Å²) in [7, 11) is 0. The van der Waals surface area contributed by atoms with Gasteiger partial charge in [-0.2, -0.15) is 0 Å². The van der Waals surface area contributed by atoms with Gasteiger partial charge in [0.05, 0.1) is 11.1 Å². The molecule has 0 unspecified atom stereocenters. The molecule has 0 saturated heterocycles. The van der Waals surface area contributed by atoms with E-state index in [1.54, 1.807) is 12.1 Å². The molecule has 4 aromatic rings. The smallest absolute Gasteiger partial charge is 0.231 e. The summed E-state index contributed by atoms with van der Waals surface area (Å²) in [5.41, 5.74) is 9.71. The van der Waals surface area contributed by atoms with Crippen LogP contribution in [0.3, 0.4) is 0 Å². The summed E-state index contributed by atoms with van der Waals surface area (Å²) < 4.78 is 10.9. The van der Waals surface area contributed by atoms with Gasteiger partial charge in [-0.3, -0.25) is 0 Å². The molecule has 0 radical (unpaired) electrons.